The molecule has 0 unspecified atom stereocenters. The van der Waals surface area contributed by atoms with Gasteiger partial charge in [0.15, 0.2) is 11.5 Å². The van der Waals surface area contributed by atoms with Gasteiger partial charge in [-0.3, -0.25) is 4.79 Å². The molecule has 2 bridgehead atoms. The number of aliphatic carboxylic acids is 1. The molecule has 1 saturated heterocycles. The highest BCUT2D eigenvalue weighted by molar-refractivity contribution is 5.96. The fourth-order valence-corrected chi connectivity index (χ4v) is 3.10. The molecule has 4 rings (SSSR count). The van der Waals surface area contributed by atoms with Gasteiger partial charge in [0.1, 0.15) is 0 Å². The minimum Gasteiger partial charge on any atom is -0.550 e. The first-order valence-electron chi connectivity index (χ1n) is 6.88. The predicted molar refractivity (Wildman–Crippen MR) is 71.0 cm³/mol. The van der Waals surface area contributed by atoms with E-state index in [0.717, 1.165) is 0 Å². The van der Waals surface area contributed by atoms with Gasteiger partial charge in [0.05, 0.1) is 18.1 Å². The third kappa shape index (κ3) is 1.93. The fraction of sp³-hybridized carbons (Fsp3) is 0.333. The van der Waals surface area contributed by atoms with Crippen LogP contribution in [0, 0.1) is 11.8 Å². The summed E-state index contributed by atoms with van der Waals surface area (Å²) < 4.78 is 15.9. The molecule has 0 aromatic heterocycles. The highest BCUT2D eigenvalue weighted by Gasteiger charge is 2.50. The molecular formula is C15H12NO6-. The SMILES string of the molecule is O=C([O-])[C@@H]1[C@H](C(=O)Nc2ccc3c(c2)OCO3)[C@@H]2C=C[C@H]1O2. The Bertz CT molecular complexity index is 685. The van der Waals surface area contributed by atoms with Crippen LogP contribution in [0.4, 0.5) is 5.69 Å². The Morgan fingerprint density at radius 1 is 1.09 bits per heavy atom. The summed E-state index contributed by atoms with van der Waals surface area (Å²) in [4.78, 5) is 23.7. The second kappa shape index (κ2) is 4.74. The van der Waals surface area contributed by atoms with E-state index in [0.29, 0.717) is 17.2 Å². The molecule has 3 heterocycles. The Balaban J connectivity index is 1.55. The molecule has 1 N–H and O–H groups in total. The van der Waals surface area contributed by atoms with Gasteiger partial charge in [-0.2, -0.15) is 0 Å². The number of nitrogens with one attached hydrogen (secondary N) is 1. The van der Waals surface area contributed by atoms with Crippen molar-refractivity contribution in [3.05, 3.63) is 30.4 Å². The maximum atomic E-state index is 12.4. The number of benzene rings is 1. The highest BCUT2D eigenvalue weighted by Crippen LogP contribution is 2.40. The van der Waals surface area contributed by atoms with Crippen LogP contribution in [-0.4, -0.2) is 30.9 Å². The van der Waals surface area contributed by atoms with Gasteiger partial charge in [-0.25, -0.2) is 0 Å². The first kappa shape index (κ1) is 13.1. The average molecular weight is 302 g/mol. The zero-order valence-corrected chi connectivity index (χ0v) is 11.4. The number of carboxylic acids is 1. The number of amides is 1. The molecule has 1 aromatic rings. The van der Waals surface area contributed by atoms with Crippen LogP contribution in [0.1, 0.15) is 0 Å². The Morgan fingerprint density at radius 2 is 1.82 bits per heavy atom. The number of carbonyl (C=O) groups is 2. The molecule has 0 radical (unpaired) electrons. The quantitative estimate of drug-likeness (QED) is 0.768. The van der Waals surface area contributed by atoms with Crippen molar-refractivity contribution in [1.82, 2.24) is 0 Å². The zero-order valence-electron chi connectivity index (χ0n) is 11.4. The number of fused-ring (bicyclic) bond motifs is 3. The van der Waals surface area contributed by atoms with Crippen molar-refractivity contribution in [2.45, 2.75) is 12.2 Å². The molecule has 22 heavy (non-hydrogen) atoms. The molecule has 7 heteroatoms. The summed E-state index contributed by atoms with van der Waals surface area (Å²) in [6.07, 6.45) is 2.26. The molecule has 0 saturated carbocycles. The third-order valence-corrected chi connectivity index (χ3v) is 4.11. The minimum absolute atomic E-state index is 0.143. The maximum Gasteiger partial charge on any atom is 0.231 e. The van der Waals surface area contributed by atoms with Crippen molar-refractivity contribution in [3.8, 4) is 11.5 Å². The highest BCUT2D eigenvalue weighted by atomic mass is 16.7. The largest absolute Gasteiger partial charge is 0.550 e. The molecule has 3 aliphatic rings. The number of anilines is 1. The lowest BCUT2D eigenvalue weighted by molar-refractivity contribution is -0.313. The van der Waals surface area contributed by atoms with Crippen LogP contribution in [0.15, 0.2) is 30.4 Å². The van der Waals surface area contributed by atoms with E-state index >= 15 is 0 Å². The van der Waals surface area contributed by atoms with Crippen molar-refractivity contribution >= 4 is 17.6 Å². The van der Waals surface area contributed by atoms with Crippen LogP contribution >= 0.6 is 0 Å². The van der Waals surface area contributed by atoms with Crippen LogP contribution in [0.2, 0.25) is 0 Å². The molecule has 7 nitrogen and oxygen atoms in total. The first-order valence-corrected chi connectivity index (χ1v) is 6.88. The average Bonchev–Trinajstić information content (AvgIpc) is 3.20. The van der Waals surface area contributed by atoms with Crippen LogP contribution in [-0.2, 0) is 14.3 Å². The number of carbonyl (C=O) groups excluding carboxylic acids is 2. The van der Waals surface area contributed by atoms with Gasteiger partial charge in [0.25, 0.3) is 0 Å². The van der Waals surface area contributed by atoms with Crippen LogP contribution in [0.3, 0.4) is 0 Å². The van der Waals surface area contributed by atoms with Gasteiger partial charge in [-0.05, 0) is 12.1 Å². The monoisotopic (exact) mass is 302 g/mol. The molecular weight excluding hydrogens is 290 g/mol. The van der Waals surface area contributed by atoms with Gasteiger partial charge in [-0.1, -0.05) is 12.2 Å². The summed E-state index contributed by atoms with van der Waals surface area (Å²) in [5, 5.41) is 14.0. The van der Waals surface area contributed by atoms with Crippen LogP contribution in [0.5, 0.6) is 11.5 Å². The summed E-state index contributed by atoms with van der Waals surface area (Å²) in [7, 11) is 0. The van der Waals surface area contributed by atoms with Gasteiger partial charge in [-0.15, -0.1) is 0 Å². The molecule has 3 aliphatic heterocycles. The molecule has 1 amide bonds. The summed E-state index contributed by atoms with van der Waals surface area (Å²) in [6, 6.07) is 4.99. The Hall–Kier alpha value is -2.54. The molecule has 114 valence electrons. The molecule has 1 fully saturated rings. The lowest BCUT2D eigenvalue weighted by atomic mass is 9.82. The van der Waals surface area contributed by atoms with E-state index < -0.39 is 35.9 Å². The smallest absolute Gasteiger partial charge is 0.231 e. The molecule has 0 aliphatic carbocycles. The van der Waals surface area contributed by atoms with Gasteiger partial charge in [0, 0.05) is 23.6 Å². The molecule has 0 spiro atoms. The lowest BCUT2D eigenvalue weighted by Gasteiger charge is -2.24. The Kier molecular flexibility index (Phi) is 2.83. The summed E-state index contributed by atoms with van der Waals surface area (Å²) in [5.74, 6) is -2.31. The Morgan fingerprint density at radius 3 is 2.59 bits per heavy atom. The molecule has 4 atom stereocenters. The fourth-order valence-electron chi connectivity index (χ4n) is 3.10. The van der Waals surface area contributed by atoms with E-state index in [-0.39, 0.29) is 6.79 Å². The lowest BCUT2D eigenvalue weighted by Crippen LogP contribution is -2.45. The van der Waals surface area contributed by atoms with E-state index in [1.807, 2.05) is 0 Å². The van der Waals surface area contributed by atoms with Crippen molar-refractivity contribution in [1.29, 1.82) is 0 Å². The van der Waals surface area contributed by atoms with E-state index in [1.165, 1.54) is 0 Å². The predicted octanol–water partition coefficient (Wildman–Crippen LogP) is -0.327. The number of hydrogen-bond acceptors (Lipinski definition) is 6. The second-order valence-electron chi connectivity index (χ2n) is 5.38. The standard InChI is InChI=1S/C15H13NO6/c17-14(12-9-3-4-10(22-9)13(12)15(18)19)16-7-1-2-8-11(5-7)21-6-20-8/h1-5,9-10,12-13H,6H2,(H,16,17)(H,18,19)/p-1/t9-,10+,12+,13-/m0/s1. The maximum absolute atomic E-state index is 12.4. The second-order valence-corrected chi connectivity index (χ2v) is 5.38. The number of carboxylic acid groups (broad SMARTS) is 1. The number of ether oxygens (including phenoxy) is 3. The zero-order chi connectivity index (χ0) is 15.3. The number of rotatable bonds is 3. The minimum atomic E-state index is -1.28. The summed E-state index contributed by atoms with van der Waals surface area (Å²) >= 11 is 0. The number of hydrogen-bond donors (Lipinski definition) is 1. The topological polar surface area (TPSA) is 96.9 Å². The third-order valence-electron chi connectivity index (χ3n) is 4.11. The van der Waals surface area contributed by atoms with Crippen molar-refractivity contribution in [3.63, 3.8) is 0 Å². The molecule has 1 aromatic carbocycles. The Labute approximate surface area is 125 Å². The first-order chi connectivity index (χ1) is 10.6. The van der Waals surface area contributed by atoms with Crippen LogP contribution in [0.25, 0.3) is 0 Å². The van der Waals surface area contributed by atoms with E-state index in [2.05, 4.69) is 5.32 Å². The summed E-state index contributed by atoms with van der Waals surface area (Å²) in [5.41, 5.74) is 0.512. The van der Waals surface area contributed by atoms with Crippen LogP contribution < -0.4 is 19.9 Å². The van der Waals surface area contributed by atoms with E-state index in [1.54, 1.807) is 30.4 Å². The van der Waals surface area contributed by atoms with Gasteiger partial charge >= 0.3 is 0 Å². The normalized spacial score (nSPS) is 30.5. The van der Waals surface area contributed by atoms with E-state index in [9.17, 15) is 14.7 Å². The van der Waals surface area contributed by atoms with Crippen molar-refractivity contribution in [2.75, 3.05) is 12.1 Å². The van der Waals surface area contributed by atoms with Crippen molar-refractivity contribution in [2.24, 2.45) is 11.8 Å². The van der Waals surface area contributed by atoms with Crippen molar-refractivity contribution < 1.29 is 28.9 Å². The van der Waals surface area contributed by atoms with Gasteiger partial charge in [0.2, 0.25) is 12.7 Å². The summed E-state index contributed by atoms with van der Waals surface area (Å²) in [6.45, 7) is 0.143. The van der Waals surface area contributed by atoms with Gasteiger partial charge < -0.3 is 29.4 Å². The van der Waals surface area contributed by atoms with E-state index in [4.69, 9.17) is 14.2 Å².